The SMILES string of the molecule is CC(C)=CCC/C(C)=C/[C@H]1OC(=O)C[C@]12C[C@H](OC(=O)c1ccc(C)cc1)C=CC2=O. The number of esters is 2. The molecule has 31 heavy (non-hydrogen) atoms. The summed E-state index contributed by atoms with van der Waals surface area (Å²) in [6, 6.07) is 7.13. The van der Waals surface area contributed by atoms with Crippen molar-refractivity contribution in [1.29, 1.82) is 0 Å². The summed E-state index contributed by atoms with van der Waals surface area (Å²) in [5.74, 6) is -1.00. The summed E-state index contributed by atoms with van der Waals surface area (Å²) in [7, 11) is 0. The number of ketones is 1. The first-order valence-corrected chi connectivity index (χ1v) is 10.7. The smallest absolute Gasteiger partial charge is 0.338 e. The summed E-state index contributed by atoms with van der Waals surface area (Å²) in [4.78, 5) is 37.6. The van der Waals surface area contributed by atoms with Crippen molar-refractivity contribution >= 4 is 17.7 Å². The summed E-state index contributed by atoms with van der Waals surface area (Å²) in [6.45, 7) is 8.03. The highest BCUT2D eigenvalue weighted by Crippen LogP contribution is 2.45. The van der Waals surface area contributed by atoms with E-state index in [0.717, 1.165) is 24.0 Å². The number of aryl methyl sites for hydroxylation is 1. The van der Waals surface area contributed by atoms with Crippen LogP contribution in [0.4, 0.5) is 0 Å². The maximum Gasteiger partial charge on any atom is 0.338 e. The highest BCUT2D eigenvalue weighted by atomic mass is 16.6. The van der Waals surface area contributed by atoms with Gasteiger partial charge in [-0.3, -0.25) is 9.59 Å². The number of carbonyl (C=O) groups excluding carboxylic acids is 3. The van der Waals surface area contributed by atoms with Crippen molar-refractivity contribution in [3.63, 3.8) is 0 Å². The first kappa shape index (κ1) is 22.7. The largest absolute Gasteiger partial charge is 0.457 e. The van der Waals surface area contributed by atoms with Gasteiger partial charge in [0.15, 0.2) is 5.78 Å². The molecule has 0 unspecified atom stereocenters. The Morgan fingerprint density at radius 1 is 1.19 bits per heavy atom. The second kappa shape index (κ2) is 9.46. The van der Waals surface area contributed by atoms with Gasteiger partial charge >= 0.3 is 11.9 Å². The minimum Gasteiger partial charge on any atom is -0.457 e. The van der Waals surface area contributed by atoms with E-state index in [1.54, 1.807) is 18.2 Å². The summed E-state index contributed by atoms with van der Waals surface area (Å²) >= 11 is 0. The zero-order valence-corrected chi connectivity index (χ0v) is 18.6. The molecular formula is C26H30O5. The van der Waals surface area contributed by atoms with E-state index < -0.39 is 29.6 Å². The van der Waals surface area contributed by atoms with Crippen LogP contribution in [0.3, 0.4) is 0 Å². The molecule has 1 aromatic carbocycles. The highest BCUT2D eigenvalue weighted by molar-refractivity contribution is 6.00. The number of ether oxygens (including phenoxy) is 2. The zero-order valence-electron chi connectivity index (χ0n) is 18.6. The van der Waals surface area contributed by atoms with Crippen LogP contribution >= 0.6 is 0 Å². The summed E-state index contributed by atoms with van der Waals surface area (Å²) in [6.07, 6.45) is 7.78. The number of rotatable bonds is 6. The maximum absolute atomic E-state index is 12.9. The van der Waals surface area contributed by atoms with Gasteiger partial charge in [0, 0.05) is 6.42 Å². The second-order valence-corrected chi connectivity index (χ2v) is 8.81. The molecule has 1 aromatic rings. The van der Waals surface area contributed by atoms with Crippen molar-refractivity contribution in [3.05, 3.63) is 70.8 Å². The minimum absolute atomic E-state index is 0.00280. The van der Waals surface area contributed by atoms with Gasteiger partial charge in [-0.15, -0.1) is 0 Å². The van der Waals surface area contributed by atoms with Crippen molar-refractivity contribution in [1.82, 2.24) is 0 Å². The Labute approximate surface area is 183 Å². The maximum atomic E-state index is 12.9. The van der Waals surface area contributed by atoms with Crippen LogP contribution in [0.5, 0.6) is 0 Å². The van der Waals surface area contributed by atoms with E-state index in [2.05, 4.69) is 19.9 Å². The molecule has 3 atom stereocenters. The van der Waals surface area contributed by atoms with E-state index in [9.17, 15) is 14.4 Å². The molecule has 0 N–H and O–H groups in total. The fourth-order valence-electron chi connectivity index (χ4n) is 4.06. The first-order valence-electron chi connectivity index (χ1n) is 10.7. The fourth-order valence-corrected chi connectivity index (χ4v) is 4.06. The average Bonchev–Trinajstić information content (AvgIpc) is 3.00. The van der Waals surface area contributed by atoms with Crippen molar-refractivity contribution in [2.75, 3.05) is 0 Å². The molecule has 1 saturated heterocycles. The van der Waals surface area contributed by atoms with Crippen LogP contribution in [0.15, 0.2) is 59.7 Å². The number of allylic oxidation sites excluding steroid dienone is 4. The van der Waals surface area contributed by atoms with Crippen LogP contribution < -0.4 is 0 Å². The molecule has 0 bridgehead atoms. The molecular weight excluding hydrogens is 392 g/mol. The van der Waals surface area contributed by atoms with Crippen LogP contribution in [-0.2, 0) is 19.1 Å². The first-order chi connectivity index (χ1) is 14.7. The number of carbonyl (C=O) groups is 3. The molecule has 5 nitrogen and oxygen atoms in total. The number of cyclic esters (lactones) is 1. The molecule has 1 heterocycles. The van der Waals surface area contributed by atoms with E-state index >= 15 is 0 Å². The molecule has 3 rings (SSSR count). The molecule has 1 aliphatic heterocycles. The lowest BCUT2D eigenvalue weighted by molar-refractivity contribution is -0.140. The second-order valence-electron chi connectivity index (χ2n) is 8.81. The predicted octanol–water partition coefficient (Wildman–Crippen LogP) is 5.04. The van der Waals surface area contributed by atoms with Gasteiger partial charge in [-0.25, -0.2) is 4.79 Å². The minimum atomic E-state index is -1.03. The summed E-state index contributed by atoms with van der Waals surface area (Å²) < 4.78 is 11.2. The Kier molecular flexibility index (Phi) is 6.94. The molecule has 0 saturated carbocycles. The van der Waals surface area contributed by atoms with Crippen molar-refractivity contribution in [2.45, 2.75) is 65.6 Å². The van der Waals surface area contributed by atoms with Gasteiger partial charge in [-0.05, 0) is 70.9 Å². The van der Waals surface area contributed by atoms with Gasteiger partial charge in [-0.1, -0.05) is 34.9 Å². The Morgan fingerprint density at radius 2 is 1.90 bits per heavy atom. The molecule has 0 radical (unpaired) electrons. The Morgan fingerprint density at radius 3 is 2.58 bits per heavy atom. The highest BCUT2D eigenvalue weighted by Gasteiger charge is 2.55. The van der Waals surface area contributed by atoms with Crippen LogP contribution in [0, 0.1) is 12.3 Å². The van der Waals surface area contributed by atoms with Gasteiger partial charge in [0.2, 0.25) is 0 Å². The molecule has 5 heteroatoms. The Hall–Kier alpha value is -2.95. The normalized spacial score (nSPS) is 25.5. The Bertz CT molecular complexity index is 947. The van der Waals surface area contributed by atoms with Gasteiger partial charge in [-0.2, -0.15) is 0 Å². The molecule has 1 spiro atoms. The van der Waals surface area contributed by atoms with E-state index in [0.29, 0.717) is 5.56 Å². The standard InChI is InChI=1S/C26H30O5/c1-17(2)6-5-7-19(4)14-23-26(16-24(28)31-23)15-21(12-13-22(26)27)30-25(29)20-10-8-18(3)9-11-20/h6,8-14,21,23H,5,7,15-16H2,1-4H3/b19-14+/t21-,23-,26+/m1/s1. The lowest BCUT2D eigenvalue weighted by Gasteiger charge is -2.34. The van der Waals surface area contributed by atoms with E-state index in [1.807, 2.05) is 32.1 Å². The topological polar surface area (TPSA) is 69.7 Å². The van der Waals surface area contributed by atoms with Crippen LogP contribution in [-0.4, -0.2) is 29.9 Å². The van der Waals surface area contributed by atoms with Crippen LogP contribution in [0.2, 0.25) is 0 Å². The molecule has 0 aromatic heterocycles. The van der Waals surface area contributed by atoms with E-state index in [1.165, 1.54) is 11.6 Å². The number of hydrogen-bond donors (Lipinski definition) is 0. The molecule has 164 valence electrons. The third-order valence-electron chi connectivity index (χ3n) is 5.85. The molecule has 1 fully saturated rings. The molecule has 1 aliphatic carbocycles. The van der Waals surface area contributed by atoms with Gasteiger partial charge in [0.05, 0.1) is 17.4 Å². The average molecular weight is 423 g/mol. The zero-order chi connectivity index (χ0) is 22.6. The van der Waals surface area contributed by atoms with Crippen molar-refractivity contribution in [3.8, 4) is 0 Å². The van der Waals surface area contributed by atoms with Crippen LogP contribution in [0.1, 0.15) is 62.4 Å². The van der Waals surface area contributed by atoms with E-state index in [-0.39, 0.29) is 18.6 Å². The third kappa shape index (κ3) is 5.40. The van der Waals surface area contributed by atoms with Gasteiger partial charge in [0.1, 0.15) is 12.2 Å². The van der Waals surface area contributed by atoms with Gasteiger partial charge < -0.3 is 9.47 Å². The molecule has 2 aliphatic rings. The van der Waals surface area contributed by atoms with E-state index in [4.69, 9.17) is 9.47 Å². The fraction of sp³-hybridized carbons (Fsp3) is 0.423. The summed E-state index contributed by atoms with van der Waals surface area (Å²) in [5, 5.41) is 0. The third-order valence-corrected chi connectivity index (χ3v) is 5.85. The lowest BCUT2D eigenvalue weighted by Crippen LogP contribution is -2.43. The quantitative estimate of drug-likeness (QED) is 0.474. The predicted molar refractivity (Wildman–Crippen MR) is 118 cm³/mol. The summed E-state index contributed by atoms with van der Waals surface area (Å²) in [5.41, 5.74) is 2.79. The monoisotopic (exact) mass is 422 g/mol. The van der Waals surface area contributed by atoms with Crippen molar-refractivity contribution < 1.29 is 23.9 Å². The molecule has 0 amide bonds. The van der Waals surface area contributed by atoms with Crippen LogP contribution in [0.25, 0.3) is 0 Å². The van der Waals surface area contributed by atoms with Crippen molar-refractivity contribution in [2.24, 2.45) is 5.41 Å². The Balaban J connectivity index is 1.76. The van der Waals surface area contributed by atoms with Gasteiger partial charge in [0.25, 0.3) is 0 Å². The number of hydrogen-bond acceptors (Lipinski definition) is 5. The number of benzene rings is 1. The lowest BCUT2D eigenvalue weighted by atomic mass is 9.69.